The Morgan fingerprint density at radius 3 is 2.41 bits per heavy atom. The molecule has 1 saturated heterocycles. The zero-order chi connectivity index (χ0) is 21.6. The summed E-state index contributed by atoms with van der Waals surface area (Å²) in [5, 5.41) is 6.18. The Morgan fingerprint density at radius 2 is 1.53 bits per heavy atom. The number of hydrogen-bond donors (Lipinski definition) is 1. The molecule has 1 fully saturated rings. The fourth-order valence-electron chi connectivity index (χ4n) is 4.69. The first-order valence-electron chi connectivity index (χ1n) is 11.6. The maximum absolute atomic E-state index is 6.04. The minimum absolute atomic E-state index is 0.226. The fraction of sp³-hybridized carbons (Fsp3) is 0.241. The van der Waals surface area contributed by atoms with Gasteiger partial charge in [-0.3, -0.25) is 4.90 Å². The molecular formula is C29H30N2O. The molecule has 162 valence electrons. The van der Waals surface area contributed by atoms with Gasteiger partial charge in [-0.15, -0.1) is 0 Å². The second-order valence-corrected chi connectivity index (χ2v) is 8.45. The van der Waals surface area contributed by atoms with Gasteiger partial charge in [0, 0.05) is 19.6 Å². The molecule has 0 bridgehead atoms. The minimum Gasteiger partial charge on any atom is -0.489 e. The van der Waals surface area contributed by atoms with E-state index in [0.29, 0.717) is 6.61 Å². The van der Waals surface area contributed by atoms with E-state index in [1.807, 2.05) is 18.2 Å². The molecule has 5 rings (SSSR count). The highest BCUT2D eigenvalue weighted by atomic mass is 16.5. The number of nitrogens with one attached hydrogen (secondary N) is 1. The van der Waals surface area contributed by atoms with Gasteiger partial charge < -0.3 is 10.1 Å². The van der Waals surface area contributed by atoms with Gasteiger partial charge in [0.15, 0.2) is 0 Å². The highest BCUT2D eigenvalue weighted by Crippen LogP contribution is 2.34. The van der Waals surface area contributed by atoms with Gasteiger partial charge in [-0.2, -0.15) is 0 Å². The lowest BCUT2D eigenvalue weighted by Crippen LogP contribution is -2.33. The van der Waals surface area contributed by atoms with Crippen molar-refractivity contribution in [3.05, 3.63) is 114 Å². The van der Waals surface area contributed by atoms with Crippen LogP contribution in [0.25, 0.3) is 10.8 Å². The number of hydrogen-bond acceptors (Lipinski definition) is 3. The minimum atomic E-state index is 0.226. The molecule has 1 atom stereocenters. The third kappa shape index (κ3) is 4.69. The van der Waals surface area contributed by atoms with Crippen molar-refractivity contribution in [2.45, 2.75) is 19.1 Å². The van der Waals surface area contributed by atoms with Gasteiger partial charge in [0.2, 0.25) is 0 Å². The van der Waals surface area contributed by atoms with Crippen LogP contribution in [0.1, 0.15) is 29.2 Å². The van der Waals surface area contributed by atoms with Crippen molar-refractivity contribution in [3.8, 4) is 5.75 Å². The summed E-state index contributed by atoms with van der Waals surface area (Å²) in [4.78, 5) is 2.63. The van der Waals surface area contributed by atoms with Crippen LogP contribution in [-0.2, 0) is 6.61 Å². The molecule has 0 aliphatic carbocycles. The SMILES string of the molecule is c1ccc(COc2ccc(C(c3cccc4ccccc34)N3CCCNCC3)cc2)cc1. The van der Waals surface area contributed by atoms with E-state index in [1.54, 1.807) is 0 Å². The Morgan fingerprint density at radius 1 is 0.750 bits per heavy atom. The standard InChI is InChI=1S/C29H30N2O/c1-2-8-23(9-3-1)22-32-26-16-14-25(15-17-26)29(31-20-7-18-30-19-21-31)28-13-6-11-24-10-4-5-12-27(24)28/h1-6,8-17,29-30H,7,18-22H2. The van der Waals surface area contributed by atoms with Crippen LogP contribution in [0, 0.1) is 0 Å². The monoisotopic (exact) mass is 422 g/mol. The number of nitrogens with zero attached hydrogens (tertiary/aromatic N) is 1. The van der Waals surface area contributed by atoms with Crippen molar-refractivity contribution in [1.29, 1.82) is 0 Å². The van der Waals surface area contributed by atoms with Crippen LogP contribution in [0.5, 0.6) is 5.75 Å². The van der Waals surface area contributed by atoms with Crippen molar-refractivity contribution >= 4 is 10.8 Å². The Labute approximate surface area is 190 Å². The van der Waals surface area contributed by atoms with Crippen LogP contribution in [0.4, 0.5) is 0 Å². The van der Waals surface area contributed by atoms with E-state index in [1.165, 1.54) is 33.9 Å². The first-order chi connectivity index (χ1) is 15.9. The molecule has 0 radical (unpaired) electrons. The lowest BCUT2D eigenvalue weighted by atomic mass is 9.92. The number of fused-ring (bicyclic) bond motifs is 1. The first-order valence-corrected chi connectivity index (χ1v) is 11.6. The van der Waals surface area contributed by atoms with Crippen molar-refractivity contribution in [2.24, 2.45) is 0 Å². The first kappa shape index (κ1) is 20.7. The molecule has 0 amide bonds. The molecule has 0 aromatic heterocycles. The number of rotatable bonds is 6. The molecule has 3 heteroatoms. The molecule has 1 heterocycles. The highest BCUT2D eigenvalue weighted by molar-refractivity contribution is 5.86. The third-order valence-corrected chi connectivity index (χ3v) is 6.30. The van der Waals surface area contributed by atoms with Crippen LogP contribution in [0.15, 0.2) is 97.1 Å². The van der Waals surface area contributed by atoms with Gasteiger partial charge in [0.1, 0.15) is 12.4 Å². The predicted octanol–water partition coefficient (Wildman–Crippen LogP) is 5.80. The van der Waals surface area contributed by atoms with Crippen molar-refractivity contribution in [1.82, 2.24) is 10.2 Å². The van der Waals surface area contributed by atoms with E-state index < -0.39 is 0 Å². The molecule has 0 spiro atoms. The summed E-state index contributed by atoms with van der Waals surface area (Å²) < 4.78 is 6.04. The van der Waals surface area contributed by atoms with E-state index in [9.17, 15) is 0 Å². The quantitative estimate of drug-likeness (QED) is 0.425. The van der Waals surface area contributed by atoms with Gasteiger partial charge in [-0.25, -0.2) is 0 Å². The van der Waals surface area contributed by atoms with E-state index in [2.05, 4.69) is 89.1 Å². The number of benzene rings is 4. The summed E-state index contributed by atoms with van der Waals surface area (Å²) in [5.41, 5.74) is 3.88. The topological polar surface area (TPSA) is 24.5 Å². The van der Waals surface area contributed by atoms with Gasteiger partial charge in [-0.05, 0) is 52.6 Å². The van der Waals surface area contributed by atoms with Crippen LogP contribution >= 0.6 is 0 Å². The van der Waals surface area contributed by atoms with Gasteiger partial charge in [-0.1, -0.05) is 84.9 Å². The Hall–Kier alpha value is -3.14. The molecule has 3 nitrogen and oxygen atoms in total. The average molecular weight is 423 g/mol. The molecule has 4 aromatic carbocycles. The molecule has 32 heavy (non-hydrogen) atoms. The van der Waals surface area contributed by atoms with E-state index in [4.69, 9.17) is 4.74 Å². The van der Waals surface area contributed by atoms with Crippen molar-refractivity contribution < 1.29 is 4.74 Å². The molecule has 4 aromatic rings. The van der Waals surface area contributed by atoms with E-state index in [-0.39, 0.29) is 6.04 Å². The molecule has 0 saturated carbocycles. The predicted molar refractivity (Wildman–Crippen MR) is 132 cm³/mol. The average Bonchev–Trinajstić information content (AvgIpc) is 3.14. The summed E-state index contributed by atoms with van der Waals surface area (Å²) in [6.07, 6.45) is 1.17. The summed E-state index contributed by atoms with van der Waals surface area (Å²) >= 11 is 0. The Balaban J connectivity index is 1.46. The van der Waals surface area contributed by atoms with E-state index in [0.717, 1.165) is 31.9 Å². The summed E-state index contributed by atoms with van der Waals surface area (Å²) in [6, 6.07) is 34.7. The number of ether oxygens (including phenoxy) is 1. The Bertz CT molecular complexity index is 1130. The van der Waals surface area contributed by atoms with Crippen LogP contribution < -0.4 is 10.1 Å². The largest absolute Gasteiger partial charge is 0.489 e. The summed E-state index contributed by atoms with van der Waals surface area (Å²) in [5.74, 6) is 0.909. The molecule has 1 N–H and O–H groups in total. The highest BCUT2D eigenvalue weighted by Gasteiger charge is 2.24. The zero-order valence-electron chi connectivity index (χ0n) is 18.4. The zero-order valence-corrected chi connectivity index (χ0v) is 18.4. The molecule has 1 aliphatic rings. The second kappa shape index (κ2) is 9.99. The van der Waals surface area contributed by atoms with Gasteiger partial charge >= 0.3 is 0 Å². The third-order valence-electron chi connectivity index (χ3n) is 6.30. The Kier molecular flexibility index (Phi) is 6.48. The van der Waals surface area contributed by atoms with Gasteiger partial charge in [0.05, 0.1) is 6.04 Å². The van der Waals surface area contributed by atoms with Crippen LogP contribution in [0.3, 0.4) is 0 Å². The maximum atomic E-state index is 6.04. The van der Waals surface area contributed by atoms with Crippen LogP contribution in [0.2, 0.25) is 0 Å². The van der Waals surface area contributed by atoms with Crippen molar-refractivity contribution in [3.63, 3.8) is 0 Å². The normalized spacial score (nSPS) is 15.9. The summed E-state index contributed by atoms with van der Waals surface area (Å²) in [7, 11) is 0. The van der Waals surface area contributed by atoms with E-state index >= 15 is 0 Å². The maximum Gasteiger partial charge on any atom is 0.119 e. The lowest BCUT2D eigenvalue weighted by Gasteiger charge is -2.32. The molecule has 1 aliphatic heterocycles. The molecular weight excluding hydrogens is 392 g/mol. The second-order valence-electron chi connectivity index (χ2n) is 8.45. The summed E-state index contributed by atoms with van der Waals surface area (Å²) in [6.45, 7) is 4.84. The fourth-order valence-corrected chi connectivity index (χ4v) is 4.69. The van der Waals surface area contributed by atoms with Crippen molar-refractivity contribution in [2.75, 3.05) is 26.2 Å². The van der Waals surface area contributed by atoms with Crippen LogP contribution in [-0.4, -0.2) is 31.1 Å². The molecule has 1 unspecified atom stereocenters. The van der Waals surface area contributed by atoms with Gasteiger partial charge in [0.25, 0.3) is 0 Å². The smallest absolute Gasteiger partial charge is 0.119 e. The lowest BCUT2D eigenvalue weighted by molar-refractivity contribution is 0.242.